The molecule has 1 aromatic rings. The van der Waals surface area contributed by atoms with Crippen LogP contribution in [-0.4, -0.2) is 28.2 Å². The summed E-state index contributed by atoms with van der Waals surface area (Å²) >= 11 is 0. The Morgan fingerprint density at radius 3 is 2.72 bits per heavy atom. The highest BCUT2D eigenvalue weighted by atomic mass is 32.2. The first-order chi connectivity index (χ1) is 8.57. The molecule has 18 heavy (non-hydrogen) atoms. The van der Waals surface area contributed by atoms with Crippen LogP contribution in [0.1, 0.15) is 18.1 Å². The molecular formula is C12H20N2O3S. The predicted molar refractivity (Wildman–Crippen MR) is 71.5 cm³/mol. The number of sulfonamides is 1. The first-order valence-corrected chi connectivity index (χ1v) is 7.55. The lowest BCUT2D eigenvalue weighted by Crippen LogP contribution is -2.28. The Balaban J connectivity index is 2.53. The van der Waals surface area contributed by atoms with Crippen LogP contribution in [0.2, 0.25) is 0 Å². The topological polar surface area (TPSA) is 81.4 Å². The highest BCUT2D eigenvalue weighted by molar-refractivity contribution is 7.88. The molecule has 0 saturated heterocycles. The monoisotopic (exact) mass is 272 g/mol. The van der Waals surface area contributed by atoms with Crippen LogP contribution in [0.4, 0.5) is 0 Å². The highest BCUT2D eigenvalue weighted by Crippen LogP contribution is 2.08. The first kappa shape index (κ1) is 15.1. The Bertz CT molecular complexity index is 460. The molecule has 0 aliphatic rings. The van der Waals surface area contributed by atoms with Crippen molar-refractivity contribution in [1.82, 2.24) is 4.72 Å². The maximum Gasteiger partial charge on any atom is 0.215 e. The van der Waals surface area contributed by atoms with E-state index >= 15 is 0 Å². The van der Waals surface area contributed by atoms with Crippen LogP contribution in [0, 0.1) is 0 Å². The number of hydrogen-bond acceptors (Lipinski definition) is 4. The van der Waals surface area contributed by atoms with E-state index < -0.39 is 10.0 Å². The molecule has 102 valence electrons. The summed E-state index contributed by atoms with van der Waals surface area (Å²) in [4.78, 5) is 0. The Kier molecular flexibility index (Phi) is 6.28. The number of nitrogens with two attached hydrogens (primary N) is 1. The second-order valence-corrected chi connectivity index (χ2v) is 5.68. The van der Waals surface area contributed by atoms with Gasteiger partial charge in [0.05, 0.1) is 12.4 Å². The normalized spacial score (nSPS) is 11.7. The molecule has 0 aliphatic carbocycles. The highest BCUT2D eigenvalue weighted by Gasteiger charge is 2.10. The number of ether oxygens (including phenoxy) is 1. The molecule has 0 aliphatic heterocycles. The first-order valence-electron chi connectivity index (χ1n) is 5.90. The third-order valence-electron chi connectivity index (χ3n) is 2.36. The zero-order valence-corrected chi connectivity index (χ0v) is 11.4. The molecule has 3 N–H and O–H groups in total. The van der Waals surface area contributed by atoms with Gasteiger partial charge in [0, 0.05) is 19.7 Å². The van der Waals surface area contributed by atoms with E-state index in [0.717, 1.165) is 11.1 Å². The minimum Gasteiger partial charge on any atom is -0.380 e. The van der Waals surface area contributed by atoms with Crippen molar-refractivity contribution in [2.45, 2.75) is 19.2 Å². The maximum atomic E-state index is 11.8. The summed E-state index contributed by atoms with van der Waals surface area (Å²) < 4.78 is 31.1. The van der Waals surface area contributed by atoms with Crippen molar-refractivity contribution in [2.75, 3.05) is 19.8 Å². The molecule has 0 radical (unpaired) electrons. The third-order valence-corrected chi connectivity index (χ3v) is 3.71. The average Bonchev–Trinajstić information content (AvgIpc) is 2.34. The van der Waals surface area contributed by atoms with Crippen molar-refractivity contribution in [3.63, 3.8) is 0 Å². The van der Waals surface area contributed by atoms with Crippen molar-refractivity contribution in [2.24, 2.45) is 5.73 Å². The summed E-state index contributed by atoms with van der Waals surface area (Å²) in [7, 11) is -3.31. The van der Waals surface area contributed by atoms with Crippen molar-refractivity contribution in [1.29, 1.82) is 0 Å². The van der Waals surface area contributed by atoms with Crippen molar-refractivity contribution in [3.8, 4) is 0 Å². The third kappa shape index (κ3) is 5.59. The fraction of sp³-hybridized carbons (Fsp3) is 0.500. The van der Waals surface area contributed by atoms with Crippen LogP contribution in [0.25, 0.3) is 0 Å². The fourth-order valence-electron chi connectivity index (χ4n) is 1.53. The molecular weight excluding hydrogens is 252 g/mol. The van der Waals surface area contributed by atoms with Crippen LogP contribution in [0.15, 0.2) is 24.3 Å². The molecule has 5 nitrogen and oxygen atoms in total. The lowest BCUT2D eigenvalue weighted by atomic mass is 10.1. The summed E-state index contributed by atoms with van der Waals surface area (Å²) in [5, 5.41) is 0. The lowest BCUT2D eigenvalue weighted by molar-refractivity contribution is 0.153. The van der Waals surface area contributed by atoms with Gasteiger partial charge in [-0.1, -0.05) is 24.3 Å². The molecule has 6 heteroatoms. The average molecular weight is 272 g/mol. The van der Waals surface area contributed by atoms with Gasteiger partial charge in [-0.05, 0) is 18.1 Å². The SMILES string of the molecule is CCOCCNS(=O)(=O)Cc1cccc(CN)c1. The number of hydrogen-bond donors (Lipinski definition) is 2. The molecule has 1 aromatic carbocycles. The van der Waals surface area contributed by atoms with Crippen LogP contribution in [-0.2, 0) is 27.1 Å². The van der Waals surface area contributed by atoms with Crippen LogP contribution < -0.4 is 10.5 Å². The second-order valence-electron chi connectivity index (χ2n) is 3.87. The summed E-state index contributed by atoms with van der Waals surface area (Å²) in [6, 6.07) is 7.27. The van der Waals surface area contributed by atoms with Crippen LogP contribution in [0.5, 0.6) is 0 Å². The second kappa shape index (κ2) is 7.48. The minimum atomic E-state index is -3.31. The molecule has 0 amide bonds. The standard InChI is InChI=1S/C12H20N2O3S/c1-2-17-7-6-14-18(15,16)10-12-5-3-4-11(8-12)9-13/h3-5,8,14H,2,6-7,9-10,13H2,1H3. The van der Waals surface area contributed by atoms with Crippen molar-refractivity contribution < 1.29 is 13.2 Å². The molecule has 0 atom stereocenters. The predicted octanol–water partition coefficient (Wildman–Crippen LogP) is 0.601. The molecule has 1 rings (SSSR count). The van der Waals surface area contributed by atoms with Gasteiger partial charge in [-0.25, -0.2) is 13.1 Å². The molecule has 0 spiro atoms. The van der Waals surface area contributed by atoms with E-state index in [1.54, 1.807) is 6.07 Å². The number of nitrogens with one attached hydrogen (secondary N) is 1. The zero-order chi connectivity index (χ0) is 13.4. The molecule has 0 unspecified atom stereocenters. The molecule has 0 bridgehead atoms. The molecule has 0 saturated carbocycles. The van der Waals surface area contributed by atoms with E-state index in [1.165, 1.54) is 0 Å². The minimum absolute atomic E-state index is 0.0348. The molecule has 0 fully saturated rings. The van der Waals surface area contributed by atoms with Gasteiger partial charge in [0.15, 0.2) is 0 Å². The van der Waals surface area contributed by atoms with Crippen LogP contribution >= 0.6 is 0 Å². The van der Waals surface area contributed by atoms with Gasteiger partial charge in [0.2, 0.25) is 10.0 Å². The van der Waals surface area contributed by atoms with E-state index in [9.17, 15) is 8.42 Å². The van der Waals surface area contributed by atoms with Gasteiger partial charge >= 0.3 is 0 Å². The lowest BCUT2D eigenvalue weighted by Gasteiger charge is -2.07. The van der Waals surface area contributed by atoms with Gasteiger partial charge in [-0.2, -0.15) is 0 Å². The van der Waals surface area contributed by atoms with Gasteiger partial charge in [0.25, 0.3) is 0 Å². The summed E-state index contributed by atoms with van der Waals surface area (Å²) in [6.07, 6.45) is 0. The largest absolute Gasteiger partial charge is 0.380 e. The smallest absolute Gasteiger partial charge is 0.215 e. The Morgan fingerprint density at radius 2 is 2.06 bits per heavy atom. The number of rotatable bonds is 8. The quantitative estimate of drug-likeness (QED) is 0.679. The fourth-order valence-corrected chi connectivity index (χ4v) is 2.65. The number of benzene rings is 1. The van der Waals surface area contributed by atoms with E-state index in [-0.39, 0.29) is 5.75 Å². The Hall–Kier alpha value is -0.950. The summed E-state index contributed by atoms with van der Waals surface area (Å²) in [6.45, 7) is 3.55. The Labute approximate surface area is 108 Å². The van der Waals surface area contributed by atoms with Gasteiger partial charge < -0.3 is 10.5 Å². The van der Waals surface area contributed by atoms with E-state index in [2.05, 4.69) is 4.72 Å². The summed E-state index contributed by atoms with van der Waals surface area (Å²) in [5.41, 5.74) is 7.18. The van der Waals surface area contributed by atoms with E-state index in [0.29, 0.717) is 26.3 Å². The van der Waals surface area contributed by atoms with Gasteiger partial charge in [-0.3, -0.25) is 0 Å². The molecule has 0 heterocycles. The Morgan fingerprint density at radius 1 is 1.33 bits per heavy atom. The van der Waals surface area contributed by atoms with Gasteiger partial charge in [0.1, 0.15) is 0 Å². The zero-order valence-electron chi connectivity index (χ0n) is 10.6. The maximum absolute atomic E-state index is 11.8. The van der Waals surface area contributed by atoms with Crippen molar-refractivity contribution in [3.05, 3.63) is 35.4 Å². The van der Waals surface area contributed by atoms with Gasteiger partial charge in [-0.15, -0.1) is 0 Å². The van der Waals surface area contributed by atoms with E-state index in [4.69, 9.17) is 10.5 Å². The van der Waals surface area contributed by atoms with Crippen molar-refractivity contribution >= 4 is 10.0 Å². The summed E-state index contributed by atoms with van der Waals surface area (Å²) in [5.74, 6) is -0.0348. The molecule has 0 aromatic heterocycles. The van der Waals surface area contributed by atoms with Crippen LogP contribution in [0.3, 0.4) is 0 Å². The van der Waals surface area contributed by atoms with E-state index in [1.807, 2.05) is 25.1 Å².